The Balaban J connectivity index is 3.12. The lowest BCUT2D eigenvalue weighted by molar-refractivity contribution is 0.0991. The third-order valence-corrected chi connectivity index (χ3v) is 1.05. The predicted molar refractivity (Wildman–Crippen MR) is 34.6 cm³/mol. The molecule has 0 aliphatic carbocycles. The molecular formula is C5H10ClNO. The summed E-state index contributed by atoms with van der Waals surface area (Å²) in [6.45, 7) is 2.60. The Morgan fingerprint density at radius 1 is 1.88 bits per heavy atom. The van der Waals surface area contributed by atoms with Gasteiger partial charge in [-0.3, -0.25) is 0 Å². The molecule has 0 aliphatic rings. The Bertz CT molecular complexity index is 82.5. The third kappa shape index (κ3) is 4.12. The average molecular weight is 136 g/mol. The fraction of sp³-hybridized carbons (Fsp3) is 0.600. The Morgan fingerprint density at radius 2 is 2.50 bits per heavy atom. The molecular weight excluding hydrogens is 126 g/mol. The normalized spacial score (nSPS) is 12.1. The molecule has 0 bridgehead atoms. The monoisotopic (exact) mass is 135 g/mol. The minimum Gasteiger partial charge on any atom is -0.305 e. The van der Waals surface area contributed by atoms with Crippen LogP contribution in [0.4, 0.5) is 0 Å². The zero-order valence-corrected chi connectivity index (χ0v) is 5.83. The highest BCUT2D eigenvalue weighted by molar-refractivity contribution is 6.25. The molecule has 0 spiro atoms. The molecule has 0 aromatic heterocycles. The Kier molecular flexibility index (Phi) is 5.06. The number of hydrogen-bond acceptors (Lipinski definition) is 2. The van der Waals surface area contributed by atoms with Crippen LogP contribution in [-0.4, -0.2) is 13.7 Å². The van der Waals surface area contributed by atoms with Gasteiger partial charge < -0.3 is 4.84 Å². The van der Waals surface area contributed by atoms with Gasteiger partial charge in [-0.05, 0) is 12.5 Å². The minimum atomic E-state index is 0.681. The third-order valence-electron chi connectivity index (χ3n) is 0.682. The van der Waals surface area contributed by atoms with E-state index in [0.29, 0.717) is 6.54 Å². The van der Waals surface area contributed by atoms with Crippen LogP contribution in [0.3, 0.4) is 0 Å². The summed E-state index contributed by atoms with van der Waals surface area (Å²) in [4.78, 5) is 4.56. The molecule has 48 valence electrons. The van der Waals surface area contributed by atoms with Gasteiger partial charge in [0.2, 0.25) is 0 Å². The number of hydroxylamine groups is 1. The van der Waals surface area contributed by atoms with E-state index in [1.165, 1.54) is 5.54 Å². The van der Waals surface area contributed by atoms with Crippen molar-refractivity contribution in [2.24, 2.45) is 0 Å². The number of rotatable bonds is 3. The lowest BCUT2D eigenvalue weighted by Crippen LogP contribution is -2.13. The van der Waals surface area contributed by atoms with E-state index < -0.39 is 0 Å². The van der Waals surface area contributed by atoms with Crippen molar-refractivity contribution in [2.75, 3.05) is 13.7 Å². The topological polar surface area (TPSA) is 21.3 Å². The summed E-state index contributed by atoms with van der Waals surface area (Å²) < 4.78 is 0. The summed E-state index contributed by atoms with van der Waals surface area (Å²) in [5, 5.41) is 0. The van der Waals surface area contributed by atoms with Gasteiger partial charge in [-0.15, -0.1) is 0 Å². The van der Waals surface area contributed by atoms with E-state index in [1.807, 2.05) is 6.92 Å². The molecule has 0 aromatic carbocycles. The van der Waals surface area contributed by atoms with Crippen LogP contribution in [0.5, 0.6) is 0 Å². The molecule has 0 radical (unpaired) electrons. The maximum absolute atomic E-state index is 5.33. The van der Waals surface area contributed by atoms with Crippen molar-refractivity contribution < 1.29 is 4.84 Å². The quantitative estimate of drug-likeness (QED) is 0.589. The maximum Gasteiger partial charge on any atom is 0.0572 e. The van der Waals surface area contributed by atoms with E-state index in [4.69, 9.17) is 11.6 Å². The Hall–Kier alpha value is -0.0500. The molecule has 0 saturated heterocycles. The average Bonchev–Trinajstić information content (AvgIpc) is 1.83. The van der Waals surface area contributed by atoms with Gasteiger partial charge in [-0.2, -0.15) is 5.48 Å². The first-order valence-electron chi connectivity index (χ1n) is 2.33. The molecule has 0 aliphatic heterocycles. The van der Waals surface area contributed by atoms with Crippen molar-refractivity contribution in [1.29, 1.82) is 0 Å². The molecule has 8 heavy (non-hydrogen) atoms. The van der Waals surface area contributed by atoms with E-state index >= 15 is 0 Å². The van der Waals surface area contributed by atoms with Gasteiger partial charge in [0.1, 0.15) is 0 Å². The van der Waals surface area contributed by atoms with E-state index in [-0.39, 0.29) is 0 Å². The molecule has 0 heterocycles. The lowest BCUT2D eigenvalue weighted by atomic mass is 10.4. The van der Waals surface area contributed by atoms with E-state index in [1.54, 1.807) is 7.11 Å². The largest absolute Gasteiger partial charge is 0.305 e. The summed E-state index contributed by atoms with van der Waals surface area (Å²) in [5.74, 6) is 0. The van der Waals surface area contributed by atoms with Crippen LogP contribution in [0.15, 0.2) is 11.1 Å². The van der Waals surface area contributed by atoms with E-state index in [2.05, 4.69) is 10.3 Å². The Labute approximate surface area is 54.4 Å². The summed E-state index contributed by atoms with van der Waals surface area (Å²) in [5.41, 5.74) is 5.22. The van der Waals surface area contributed by atoms with Gasteiger partial charge in [-0.1, -0.05) is 11.6 Å². The van der Waals surface area contributed by atoms with Crippen molar-refractivity contribution in [2.45, 2.75) is 6.92 Å². The first-order chi connectivity index (χ1) is 3.81. The van der Waals surface area contributed by atoms with Crippen molar-refractivity contribution in [1.82, 2.24) is 5.48 Å². The van der Waals surface area contributed by atoms with Crippen molar-refractivity contribution in [3.63, 3.8) is 0 Å². The highest BCUT2D eigenvalue weighted by Crippen LogP contribution is 1.90. The smallest absolute Gasteiger partial charge is 0.0572 e. The van der Waals surface area contributed by atoms with Crippen LogP contribution >= 0.6 is 11.6 Å². The van der Waals surface area contributed by atoms with Gasteiger partial charge in [0.05, 0.1) is 7.11 Å². The van der Waals surface area contributed by atoms with Gasteiger partial charge in [0, 0.05) is 12.1 Å². The van der Waals surface area contributed by atoms with E-state index in [9.17, 15) is 0 Å². The number of halogens is 1. The second-order valence-corrected chi connectivity index (χ2v) is 1.70. The second-order valence-electron chi connectivity index (χ2n) is 1.48. The van der Waals surface area contributed by atoms with Gasteiger partial charge >= 0.3 is 0 Å². The van der Waals surface area contributed by atoms with Gasteiger partial charge in [-0.25, -0.2) is 0 Å². The van der Waals surface area contributed by atoms with Crippen molar-refractivity contribution >= 4 is 11.6 Å². The lowest BCUT2D eigenvalue weighted by Gasteiger charge is -1.97. The van der Waals surface area contributed by atoms with Crippen LogP contribution in [0.25, 0.3) is 0 Å². The SMILES string of the molecule is CONC/C(C)=C/Cl. The molecule has 0 rings (SSSR count). The zero-order chi connectivity index (χ0) is 6.41. The van der Waals surface area contributed by atoms with Crippen LogP contribution < -0.4 is 5.48 Å². The summed E-state index contributed by atoms with van der Waals surface area (Å²) in [6.07, 6.45) is 0. The second kappa shape index (κ2) is 5.09. The minimum absolute atomic E-state index is 0.681. The Morgan fingerprint density at radius 3 is 2.88 bits per heavy atom. The molecule has 0 aromatic rings. The fourth-order valence-corrected chi connectivity index (χ4v) is 0.302. The molecule has 0 atom stereocenters. The molecule has 0 saturated carbocycles. The molecule has 1 N–H and O–H groups in total. The van der Waals surface area contributed by atoms with E-state index in [0.717, 1.165) is 5.57 Å². The fourth-order valence-electron chi connectivity index (χ4n) is 0.225. The number of nitrogens with one attached hydrogen (secondary N) is 1. The molecule has 2 nitrogen and oxygen atoms in total. The first kappa shape index (κ1) is 7.95. The maximum atomic E-state index is 5.33. The molecule has 0 amide bonds. The summed E-state index contributed by atoms with van der Waals surface area (Å²) in [7, 11) is 1.57. The highest BCUT2D eigenvalue weighted by atomic mass is 35.5. The highest BCUT2D eigenvalue weighted by Gasteiger charge is 1.83. The van der Waals surface area contributed by atoms with Crippen LogP contribution in [-0.2, 0) is 4.84 Å². The number of hydrogen-bond donors (Lipinski definition) is 1. The van der Waals surface area contributed by atoms with Crippen LogP contribution in [0.2, 0.25) is 0 Å². The zero-order valence-electron chi connectivity index (χ0n) is 5.07. The van der Waals surface area contributed by atoms with Crippen molar-refractivity contribution in [3.8, 4) is 0 Å². The predicted octanol–water partition coefficient (Wildman–Crippen LogP) is 1.28. The molecule has 0 unspecified atom stereocenters. The first-order valence-corrected chi connectivity index (χ1v) is 2.76. The van der Waals surface area contributed by atoms with Crippen LogP contribution in [0, 0.1) is 0 Å². The standard InChI is InChI=1S/C5H10ClNO/c1-5(3-6)4-7-8-2/h3,7H,4H2,1-2H3/b5-3+. The van der Waals surface area contributed by atoms with Crippen molar-refractivity contribution in [3.05, 3.63) is 11.1 Å². The summed E-state index contributed by atoms with van der Waals surface area (Å²) >= 11 is 5.33. The van der Waals surface area contributed by atoms with Crippen LogP contribution in [0.1, 0.15) is 6.92 Å². The van der Waals surface area contributed by atoms with Gasteiger partial charge in [0.25, 0.3) is 0 Å². The molecule has 0 fully saturated rings. The van der Waals surface area contributed by atoms with Gasteiger partial charge in [0.15, 0.2) is 0 Å². The summed E-state index contributed by atoms with van der Waals surface area (Å²) in [6, 6.07) is 0. The molecule has 3 heteroatoms.